The minimum Gasteiger partial charge on any atom is -0.324 e. The SMILES string of the molecule is CC(C)(C)c1cc(-c2ccccc2)c(C#N)c(SCC(=O)Nc2ccc(Br)cc2Br)n1. The van der Waals surface area contributed by atoms with Crippen LogP contribution in [0.5, 0.6) is 0 Å². The van der Waals surface area contributed by atoms with Crippen molar-refractivity contribution in [2.45, 2.75) is 31.2 Å². The lowest BCUT2D eigenvalue weighted by atomic mass is 9.89. The van der Waals surface area contributed by atoms with Crippen molar-refractivity contribution in [3.05, 3.63) is 74.8 Å². The van der Waals surface area contributed by atoms with E-state index in [0.717, 1.165) is 25.8 Å². The Bertz CT molecular complexity index is 1150. The molecule has 2 aromatic carbocycles. The molecule has 0 aliphatic rings. The van der Waals surface area contributed by atoms with Crippen LogP contribution in [0.2, 0.25) is 0 Å². The highest BCUT2D eigenvalue weighted by Crippen LogP contribution is 2.34. The summed E-state index contributed by atoms with van der Waals surface area (Å²) in [5.74, 6) is -0.0208. The van der Waals surface area contributed by atoms with Crippen LogP contribution in [0, 0.1) is 11.3 Å². The van der Waals surface area contributed by atoms with Crippen LogP contribution in [0.3, 0.4) is 0 Å². The van der Waals surface area contributed by atoms with Crippen LogP contribution in [-0.2, 0) is 10.2 Å². The van der Waals surface area contributed by atoms with Crippen LogP contribution < -0.4 is 5.32 Å². The van der Waals surface area contributed by atoms with E-state index >= 15 is 0 Å². The summed E-state index contributed by atoms with van der Waals surface area (Å²) in [5, 5.41) is 13.4. The van der Waals surface area contributed by atoms with Gasteiger partial charge in [-0.05, 0) is 45.8 Å². The minimum atomic E-state index is -0.197. The molecule has 0 aliphatic carbocycles. The summed E-state index contributed by atoms with van der Waals surface area (Å²) in [6.07, 6.45) is 0. The number of hydrogen-bond donors (Lipinski definition) is 1. The van der Waals surface area contributed by atoms with E-state index in [-0.39, 0.29) is 17.1 Å². The molecule has 0 aliphatic heterocycles. The predicted molar refractivity (Wildman–Crippen MR) is 134 cm³/mol. The topological polar surface area (TPSA) is 65.8 Å². The highest BCUT2D eigenvalue weighted by molar-refractivity contribution is 9.11. The fourth-order valence-corrected chi connectivity index (χ4v) is 4.82. The summed E-state index contributed by atoms with van der Waals surface area (Å²) >= 11 is 8.13. The molecule has 0 saturated carbocycles. The Balaban J connectivity index is 1.91. The van der Waals surface area contributed by atoms with Crippen molar-refractivity contribution in [1.82, 2.24) is 4.98 Å². The number of halogens is 2. The highest BCUT2D eigenvalue weighted by Gasteiger charge is 2.22. The molecule has 0 spiro atoms. The number of anilines is 1. The number of thioether (sulfide) groups is 1. The van der Waals surface area contributed by atoms with Gasteiger partial charge in [0.15, 0.2) is 0 Å². The van der Waals surface area contributed by atoms with Gasteiger partial charge < -0.3 is 5.32 Å². The van der Waals surface area contributed by atoms with E-state index < -0.39 is 0 Å². The van der Waals surface area contributed by atoms with Crippen molar-refractivity contribution in [3.63, 3.8) is 0 Å². The van der Waals surface area contributed by atoms with Gasteiger partial charge in [0.2, 0.25) is 5.91 Å². The summed E-state index contributed by atoms with van der Waals surface area (Å²) in [6.45, 7) is 6.26. The number of pyridine rings is 1. The third-order valence-electron chi connectivity index (χ3n) is 4.50. The van der Waals surface area contributed by atoms with Crippen LogP contribution in [-0.4, -0.2) is 16.6 Å². The molecule has 0 radical (unpaired) electrons. The number of carbonyl (C=O) groups excluding carboxylic acids is 1. The van der Waals surface area contributed by atoms with E-state index in [0.29, 0.717) is 16.3 Å². The van der Waals surface area contributed by atoms with Gasteiger partial charge in [-0.25, -0.2) is 4.98 Å². The third kappa shape index (κ3) is 5.97. The first-order valence-electron chi connectivity index (χ1n) is 9.58. The second-order valence-electron chi connectivity index (χ2n) is 7.92. The Morgan fingerprint density at radius 2 is 1.84 bits per heavy atom. The Hall–Kier alpha value is -2.14. The molecule has 3 aromatic rings. The highest BCUT2D eigenvalue weighted by atomic mass is 79.9. The normalized spacial score (nSPS) is 11.1. The number of amides is 1. The zero-order valence-electron chi connectivity index (χ0n) is 17.4. The summed E-state index contributed by atoms with van der Waals surface area (Å²) in [6, 6.07) is 19.6. The largest absolute Gasteiger partial charge is 0.324 e. The van der Waals surface area contributed by atoms with Gasteiger partial charge in [-0.2, -0.15) is 5.26 Å². The van der Waals surface area contributed by atoms with Gasteiger partial charge in [0.25, 0.3) is 0 Å². The molecule has 7 heteroatoms. The first-order chi connectivity index (χ1) is 14.7. The fraction of sp³-hybridized carbons (Fsp3) is 0.208. The van der Waals surface area contributed by atoms with Crippen LogP contribution in [0.15, 0.2) is 68.6 Å². The predicted octanol–water partition coefficient (Wildman–Crippen LogP) is 7.17. The Morgan fingerprint density at radius 3 is 2.45 bits per heavy atom. The second-order valence-corrected chi connectivity index (χ2v) is 10.7. The Morgan fingerprint density at radius 1 is 1.13 bits per heavy atom. The molecule has 31 heavy (non-hydrogen) atoms. The van der Waals surface area contributed by atoms with Crippen LogP contribution in [0.25, 0.3) is 11.1 Å². The third-order valence-corrected chi connectivity index (χ3v) is 6.62. The van der Waals surface area contributed by atoms with Gasteiger partial charge in [0, 0.05) is 25.6 Å². The Labute approximate surface area is 203 Å². The van der Waals surface area contributed by atoms with E-state index in [9.17, 15) is 10.1 Å². The van der Waals surface area contributed by atoms with Gasteiger partial charge in [-0.3, -0.25) is 4.79 Å². The lowest BCUT2D eigenvalue weighted by Gasteiger charge is -2.21. The molecule has 1 amide bonds. The van der Waals surface area contributed by atoms with E-state index in [1.54, 1.807) is 0 Å². The summed E-state index contributed by atoms with van der Waals surface area (Å²) in [7, 11) is 0. The average Bonchev–Trinajstić information content (AvgIpc) is 2.73. The molecular weight excluding hydrogens is 538 g/mol. The number of carbonyl (C=O) groups is 1. The van der Waals surface area contributed by atoms with Crippen molar-refractivity contribution < 1.29 is 4.79 Å². The molecule has 1 aromatic heterocycles. The molecule has 4 nitrogen and oxygen atoms in total. The van der Waals surface area contributed by atoms with E-state index in [1.165, 1.54) is 11.8 Å². The molecule has 1 N–H and O–H groups in total. The summed E-state index contributed by atoms with van der Waals surface area (Å²) in [4.78, 5) is 17.3. The minimum absolute atomic E-state index is 0.145. The molecule has 0 bridgehead atoms. The lowest BCUT2D eigenvalue weighted by molar-refractivity contribution is -0.113. The standard InChI is InChI=1S/C24H21Br2N3OS/c1-24(2,3)21-12-17(15-7-5-4-6-8-15)18(13-27)23(29-21)31-14-22(30)28-20-10-9-16(25)11-19(20)26/h4-12H,14H2,1-3H3,(H,28,30). The van der Waals surface area contributed by atoms with Crippen molar-refractivity contribution in [1.29, 1.82) is 5.26 Å². The van der Waals surface area contributed by atoms with Crippen LogP contribution in [0.4, 0.5) is 5.69 Å². The molecule has 0 fully saturated rings. The number of benzene rings is 2. The van der Waals surface area contributed by atoms with Gasteiger partial charge in [0.1, 0.15) is 11.1 Å². The molecular formula is C24H21Br2N3OS. The number of nitrogens with zero attached hydrogens (tertiary/aromatic N) is 2. The molecule has 0 saturated heterocycles. The smallest absolute Gasteiger partial charge is 0.234 e. The van der Waals surface area contributed by atoms with E-state index in [1.807, 2.05) is 54.6 Å². The molecule has 0 atom stereocenters. The van der Waals surface area contributed by atoms with Crippen LogP contribution in [0.1, 0.15) is 32.0 Å². The number of nitrogens with one attached hydrogen (secondary N) is 1. The number of rotatable bonds is 5. The zero-order valence-corrected chi connectivity index (χ0v) is 21.4. The van der Waals surface area contributed by atoms with Gasteiger partial charge in [-0.1, -0.05) is 78.8 Å². The first kappa shape index (κ1) is 23.5. The molecule has 1 heterocycles. The zero-order chi connectivity index (χ0) is 22.6. The summed E-state index contributed by atoms with van der Waals surface area (Å²) < 4.78 is 1.71. The van der Waals surface area contributed by atoms with Crippen molar-refractivity contribution in [3.8, 4) is 17.2 Å². The van der Waals surface area contributed by atoms with Crippen molar-refractivity contribution in [2.75, 3.05) is 11.1 Å². The van der Waals surface area contributed by atoms with Crippen molar-refractivity contribution >= 4 is 55.2 Å². The fourth-order valence-electron chi connectivity index (χ4n) is 2.87. The monoisotopic (exact) mass is 557 g/mol. The van der Waals surface area contributed by atoms with E-state index in [4.69, 9.17) is 4.98 Å². The maximum absolute atomic E-state index is 12.6. The quantitative estimate of drug-likeness (QED) is 0.337. The first-order valence-corrected chi connectivity index (χ1v) is 12.1. The molecule has 3 rings (SSSR count). The lowest BCUT2D eigenvalue weighted by Crippen LogP contribution is -2.17. The number of nitriles is 1. The van der Waals surface area contributed by atoms with Gasteiger partial charge in [-0.15, -0.1) is 0 Å². The second kappa shape index (κ2) is 9.99. The van der Waals surface area contributed by atoms with Gasteiger partial charge >= 0.3 is 0 Å². The van der Waals surface area contributed by atoms with Crippen LogP contribution >= 0.6 is 43.6 Å². The maximum Gasteiger partial charge on any atom is 0.234 e. The maximum atomic E-state index is 12.6. The number of aromatic nitrogens is 1. The molecule has 158 valence electrons. The van der Waals surface area contributed by atoms with Crippen molar-refractivity contribution in [2.24, 2.45) is 0 Å². The Kier molecular flexibility index (Phi) is 7.58. The number of hydrogen-bond acceptors (Lipinski definition) is 4. The van der Waals surface area contributed by atoms with E-state index in [2.05, 4.69) is 64.0 Å². The van der Waals surface area contributed by atoms with Gasteiger partial charge in [0.05, 0.1) is 17.0 Å². The summed E-state index contributed by atoms with van der Waals surface area (Å²) in [5.41, 5.74) is 3.65. The molecule has 0 unspecified atom stereocenters. The average molecular weight is 559 g/mol.